The Hall–Kier alpha value is -2.83. The van der Waals surface area contributed by atoms with Gasteiger partial charge in [-0.15, -0.1) is 0 Å². The first-order chi connectivity index (χ1) is 11.4. The van der Waals surface area contributed by atoms with Crippen LogP contribution in [0.1, 0.15) is 34.1 Å². The maximum atomic E-state index is 11.6. The van der Waals surface area contributed by atoms with Crippen molar-refractivity contribution in [1.82, 2.24) is 0 Å². The molecule has 0 saturated carbocycles. The van der Waals surface area contributed by atoms with Crippen LogP contribution in [0, 0.1) is 0 Å². The largest absolute Gasteiger partial charge is 0.493 e. The zero-order valence-electron chi connectivity index (χ0n) is 13.9. The molecule has 1 rings (SSSR count). The molecule has 0 spiro atoms. The number of benzene rings is 1. The van der Waals surface area contributed by atoms with E-state index in [2.05, 4.69) is 16.1 Å². The molecule has 0 N–H and O–H groups in total. The molecule has 7 heteroatoms. The summed E-state index contributed by atoms with van der Waals surface area (Å²) in [5.41, 5.74) is 0.664. The summed E-state index contributed by atoms with van der Waals surface area (Å²) in [6.45, 7) is 5.44. The molecule has 0 aromatic heterocycles. The van der Waals surface area contributed by atoms with Crippen LogP contribution in [-0.2, 0) is 19.0 Å². The Morgan fingerprint density at radius 1 is 0.958 bits per heavy atom. The quantitative estimate of drug-likeness (QED) is 0.311. The molecule has 0 fully saturated rings. The second kappa shape index (κ2) is 9.34. The maximum Gasteiger partial charge on any atom is 0.338 e. The molecule has 0 atom stereocenters. The molecule has 0 heterocycles. The smallest absolute Gasteiger partial charge is 0.338 e. The van der Waals surface area contributed by atoms with E-state index < -0.39 is 17.9 Å². The third-order valence-electron chi connectivity index (χ3n) is 2.89. The summed E-state index contributed by atoms with van der Waals surface area (Å²) in [5, 5.41) is 0. The molecule has 1 aromatic carbocycles. The van der Waals surface area contributed by atoms with E-state index in [0.717, 1.165) is 0 Å². The Kier molecular flexibility index (Phi) is 7.48. The molecule has 7 nitrogen and oxygen atoms in total. The Balaban J connectivity index is 2.69. The third-order valence-corrected chi connectivity index (χ3v) is 2.89. The number of esters is 3. The van der Waals surface area contributed by atoms with Crippen molar-refractivity contribution in [1.29, 1.82) is 0 Å². The van der Waals surface area contributed by atoms with E-state index >= 15 is 0 Å². The minimum absolute atomic E-state index is 0.170. The van der Waals surface area contributed by atoms with Crippen molar-refractivity contribution in [2.24, 2.45) is 0 Å². The van der Waals surface area contributed by atoms with Crippen LogP contribution in [-0.4, -0.2) is 45.3 Å². The Bertz CT molecular complexity index is 600. The van der Waals surface area contributed by atoms with Gasteiger partial charge in [0.15, 0.2) is 0 Å². The van der Waals surface area contributed by atoms with E-state index in [1.165, 1.54) is 32.4 Å². The zero-order chi connectivity index (χ0) is 18.1. The number of methoxy groups -OCH3 is 2. The van der Waals surface area contributed by atoms with Gasteiger partial charge < -0.3 is 18.9 Å². The van der Waals surface area contributed by atoms with Crippen LogP contribution < -0.4 is 4.74 Å². The van der Waals surface area contributed by atoms with Gasteiger partial charge in [-0.25, -0.2) is 14.4 Å². The molecular formula is C17H20O7. The highest BCUT2D eigenvalue weighted by molar-refractivity contribution is 5.96. The zero-order valence-corrected chi connectivity index (χ0v) is 13.9. The van der Waals surface area contributed by atoms with Gasteiger partial charge in [-0.05, 0) is 25.1 Å². The van der Waals surface area contributed by atoms with Crippen LogP contribution in [0.2, 0.25) is 0 Å². The molecule has 0 aliphatic heterocycles. The highest BCUT2D eigenvalue weighted by Gasteiger charge is 2.14. The van der Waals surface area contributed by atoms with Crippen LogP contribution in [0.15, 0.2) is 30.4 Å². The first-order valence-corrected chi connectivity index (χ1v) is 7.16. The fraction of sp³-hybridized carbons (Fsp3) is 0.353. The normalized spacial score (nSPS) is 9.79. The third kappa shape index (κ3) is 5.75. The summed E-state index contributed by atoms with van der Waals surface area (Å²) in [4.78, 5) is 34.5. The molecule has 1 aromatic rings. The van der Waals surface area contributed by atoms with E-state index in [9.17, 15) is 14.4 Å². The van der Waals surface area contributed by atoms with E-state index in [4.69, 9.17) is 9.47 Å². The Morgan fingerprint density at radius 2 is 1.50 bits per heavy atom. The van der Waals surface area contributed by atoms with E-state index in [1.807, 2.05) is 0 Å². The topological polar surface area (TPSA) is 88.1 Å². The minimum atomic E-state index is -0.596. The van der Waals surface area contributed by atoms with Gasteiger partial charge in [-0.3, -0.25) is 0 Å². The first-order valence-electron chi connectivity index (χ1n) is 7.16. The summed E-state index contributed by atoms with van der Waals surface area (Å²) in [7, 11) is 2.48. The van der Waals surface area contributed by atoms with Crippen LogP contribution >= 0.6 is 0 Å². The van der Waals surface area contributed by atoms with Gasteiger partial charge in [0.05, 0.1) is 38.6 Å². The lowest BCUT2D eigenvalue weighted by atomic mass is 10.1. The molecule has 0 bridgehead atoms. The van der Waals surface area contributed by atoms with Crippen LogP contribution in [0.5, 0.6) is 5.75 Å². The maximum absolute atomic E-state index is 11.6. The van der Waals surface area contributed by atoms with Crippen molar-refractivity contribution in [2.75, 3.05) is 27.4 Å². The first kappa shape index (κ1) is 19.2. The van der Waals surface area contributed by atoms with Gasteiger partial charge in [0.25, 0.3) is 0 Å². The molecule has 0 aliphatic rings. The van der Waals surface area contributed by atoms with Crippen molar-refractivity contribution in [3.63, 3.8) is 0 Å². The van der Waals surface area contributed by atoms with Crippen LogP contribution in [0.4, 0.5) is 0 Å². The van der Waals surface area contributed by atoms with Crippen molar-refractivity contribution < 1.29 is 33.3 Å². The highest BCUT2D eigenvalue weighted by atomic mass is 16.5. The molecule has 0 aliphatic carbocycles. The summed E-state index contributed by atoms with van der Waals surface area (Å²) in [6, 6.07) is 4.27. The van der Waals surface area contributed by atoms with Crippen molar-refractivity contribution in [3.05, 3.63) is 41.5 Å². The molecule has 0 amide bonds. The number of rotatable bonds is 8. The van der Waals surface area contributed by atoms with E-state index in [0.29, 0.717) is 17.7 Å². The predicted octanol–water partition coefficient (Wildman–Crippen LogP) is 2.15. The number of hydrogen-bond acceptors (Lipinski definition) is 7. The lowest BCUT2D eigenvalue weighted by Gasteiger charge is -2.10. The molecular weight excluding hydrogens is 316 g/mol. The summed E-state index contributed by atoms with van der Waals surface area (Å²) < 4.78 is 19.7. The van der Waals surface area contributed by atoms with Crippen molar-refractivity contribution in [3.8, 4) is 5.75 Å². The number of carbonyl (C=O) groups excluding carboxylic acids is 3. The van der Waals surface area contributed by atoms with Crippen molar-refractivity contribution in [2.45, 2.75) is 13.3 Å². The molecule has 130 valence electrons. The molecule has 0 saturated heterocycles. The van der Waals surface area contributed by atoms with Gasteiger partial charge in [0.1, 0.15) is 5.75 Å². The average Bonchev–Trinajstić information content (AvgIpc) is 2.59. The van der Waals surface area contributed by atoms with Gasteiger partial charge in [0.2, 0.25) is 0 Å². The summed E-state index contributed by atoms with van der Waals surface area (Å²) in [5.74, 6) is -1.35. The number of hydrogen-bond donors (Lipinski definition) is 0. The molecule has 24 heavy (non-hydrogen) atoms. The number of ether oxygens (including phenoxy) is 4. The number of carbonyl (C=O) groups is 3. The van der Waals surface area contributed by atoms with E-state index in [-0.39, 0.29) is 24.3 Å². The van der Waals surface area contributed by atoms with Crippen molar-refractivity contribution >= 4 is 17.9 Å². The summed E-state index contributed by atoms with van der Waals surface area (Å²) in [6.07, 6.45) is 0.440. The van der Waals surface area contributed by atoms with Crippen LogP contribution in [0.3, 0.4) is 0 Å². The lowest BCUT2D eigenvalue weighted by Crippen LogP contribution is -2.10. The fourth-order valence-corrected chi connectivity index (χ4v) is 1.69. The Labute approximate surface area is 140 Å². The molecule has 0 radical (unpaired) electrons. The van der Waals surface area contributed by atoms with E-state index in [1.54, 1.807) is 6.92 Å². The van der Waals surface area contributed by atoms with Crippen LogP contribution in [0.25, 0.3) is 0 Å². The highest BCUT2D eigenvalue weighted by Crippen LogP contribution is 2.19. The average molecular weight is 336 g/mol. The summed E-state index contributed by atoms with van der Waals surface area (Å²) >= 11 is 0. The molecule has 0 unspecified atom stereocenters. The minimum Gasteiger partial charge on any atom is -0.493 e. The second-order valence-corrected chi connectivity index (χ2v) is 4.85. The van der Waals surface area contributed by atoms with Gasteiger partial charge in [-0.1, -0.05) is 6.58 Å². The SMILES string of the molecule is C=C(C)C(=O)OCCCOc1cc(C(=O)OC)cc(C(=O)OC)c1. The standard InChI is InChI=1S/C17H20O7/c1-11(2)15(18)24-7-5-6-23-14-9-12(16(19)21-3)8-13(10-14)17(20)22-4/h8-10H,1,5-7H2,2-4H3. The van der Waals surface area contributed by atoms with Gasteiger partial charge in [0, 0.05) is 12.0 Å². The fourth-order valence-electron chi connectivity index (χ4n) is 1.69. The van der Waals surface area contributed by atoms with Gasteiger partial charge in [-0.2, -0.15) is 0 Å². The second-order valence-electron chi connectivity index (χ2n) is 4.85. The Morgan fingerprint density at radius 3 is 1.96 bits per heavy atom. The predicted molar refractivity (Wildman–Crippen MR) is 85.0 cm³/mol. The lowest BCUT2D eigenvalue weighted by molar-refractivity contribution is -0.139. The van der Waals surface area contributed by atoms with Gasteiger partial charge >= 0.3 is 17.9 Å². The monoisotopic (exact) mass is 336 g/mol.